The molecule has 1 fully saturated rings. The van der Waals surface area contributed by atoms with Gasteiger partial charge < -0.3 is 15.3 Å². The molecular weight excluding hydrogens is 260 g/mol. The van der Waals surface area contributed by atoms with Gasteiger partial charge in [0.15, 0.2) is 0 Å². The van der Waals surface area contributed by atoms with Crippen LogP contribution >= 0.6 is 11.6 Å². The normalized spacial score (nSPS) is 16.9. The van der Waals surface area contributed by atoms with Crippen LogP contribution in [-0.4, -0.2) is 30.8 Å². The van der Waals surface area contributed by atoms with Crippen molar-refractivity contribution in [2.75, 3.05) is 24.5 Å². The molecule has 0 amide bonds. The molecule has 4 heteroatoms. The Balaban J connectivity index is 2.12. The van der Waals surface area contributed by atoms with Crippen LogP contribution in [0.2, 0.25) is 5.02 Å². The second kappa shape index (κ2) is 7.13. The van der Waals surface area contributed by atoms with Gasteiger partial charge in [-0.05, 0) is 37.9 Å². The van der Waals surface area contributed by atoms with Crippen LogP contribution in [0.5, 0.6) is 0 Å². The quantitative estimate of drug-likeness (QED) is 0.815. The summed E-state index contributed by atoms with van der Waals surface area (Å²) in [5.74, 6) is 0. The van der Waals surface area contributed by atoms with Gasteiger partial charge in [-0.2, -0.15) is 0 Å². The molecule has 1 saturated heterocycles. The van der Waals surface area contributed by atoms with Crippen LogP contribution in [0.25, 0.3) is 0 Å². The van der Waals surface area contributed by atoms with Crippen molar-refractivity contribution in [3.8, 4) is 0 Å². The summed E-state index contributed by atoms with van der Waals surface area (Å²) in [7, 11) is 0. The van der Waals surface area contributed by atoms with E-state index >= 15 is 0 Å². The fourth-order valence-corrected chi connectivity index (χ4v) is 2.75. The maximum absolute atomic E-state index is 9.61. The molecule has 0 bridgehead atoms. The topological polar surface area (TPSA) is 35.5 Å². The molecule has 106 valence electrons. The summed E-state index contributed by atoms with van der Waals surface area (Å²) >= 11 is 6.34. The van der Waals surface area contributed by atoms with Crippen LogP contribution in [0.3, 0.4) is 0 Å². The monoisotopic (exact) mass is 282 g/mol. The Morgan fingerprint density at radius 1 is 1.37 bits per heavy atom. The predicted molar refractivity (Wildman–Crippen MR) is 80.9 cm³/mol. The summed E-state index contributed by atoms with van der Waals surface area (Å²) in [5, 5.41) is 13.9. The van der Waals surface area contributed by atoms with Crippen LogP contribution in [0.1, 0.15) is 31.7 Å². The molecule has 2 rings (SSSR count). The van der Waals surface area contributed by atoms with E-state index in [0.717, 1.165) is 50.5 Å². The van der Waals surface area contributed by atoms with Gasteiger partial charge in [0.2, 0.25) is 0 Å². The fourth-order valence-electron chi connectivity index (χ4n) is 2.52. The highest BCUT2D eigenvalue weighted by Gasteiger charge is 2.20. The minimum Gasteiger partial charge on any atom is -0.393 e. The zero-order chi connectivity index (χ0) is 13.7. The lowest BCUT2D eigenvalue weighted by molar-refractivity contribution is 0.145. The van der Waals surface area contributed by atoms with Crippen LogP contribution in [0.15, 0.2) is 18.2 Å². The maximum Gasteiger partial charge on any atom is 0.0574 e. The number of nitrogens with one attached hydrogen (secondary N) is 1. The minimum absolute atomic E-state index is 0.142. The molecule has 1 aliphatic heterocycles. The third-order valence-corrected chi connectivity index (χ3v) is 3.98. The van der Waals surface area contributed by atoms with Gasteiger partial charge in [0.1, 0.15) is 0 Å². The molecule has 0 unspecified atom stereocenters. The Morgan fingerprint density at radius 2 is 2.11 bits per heavy atom. The second-order valence-corrected chi connectivity index (χ2v) is 5.54. The molecule has 0 radical (unpaired) electrons. The van der Waals surface area contributed by atoms with Crippen molar-refractivity contribution in [2.45, 2.75) is 38.8 Å². The first-order chi connectivity index (χ1) is 9.22. The SMILES string of the molecule is CCCNCc1c(Cl)cccc1N1CCC(O)CC1. The Hall–Kier alpha value is -0.770. The van der Waals surface area contributed by atoms with E-state index in [-0.39, 0.29) is 6.10 Å². The van der Waals surface area contributed by atoms with Gasteiger partial charge in [-0.3, -0.25) is 0 Å². The molecule has 0 aromatic heterocycles. The summed E-state index contributed by atoms with van der Waals surface area (Å²) in [5.41, 5.74) is 2.39. The number of nitrogens with zero attached hydrogens (tertiary/aromatic N) is 1. The standard InChI is InChI=1S/C15H23ClN2O/c1-2-8-17-11-13-14(16)4-3-5-15(13)18-9-6-12(19)7-10-18/h3-5,12,17,19H,2,6-11H2,1H3. The molecule has 0 saturated carbocycles. The Labute approximate surface area is 120 Å². The van der Waals surface area contributed by atoms with Gasteiger partial charge in [-0.15, -0.1) is 0 Å². The molecule has 2 N–H and O–H groups in total. The Kier molecular flexibility index (Phi) is 5.49. The van der Waals surface area contributed by atoms with Gasteiger partial charge >= 0.3 is 0 Å². The fraction of sp³-hybridized carbons (Fsp3) is 0.600. The van der Waals surface area contributed by atoms with Crippen molar-refractivity contribution >= 4 is 17.3 Å². The molecule has 0 atom stereocenters. The number of rotatable bonds is 5. The van der Waals surface area contributed by atoms with E-state index in [0.29, 0.717) is 0 Å². The van der Waals surface area contributed by atoms with Crippen molar-refractivity contribution < 1.29 is 5.11 Å². The lowest BCUT2D eigenvalue weighted by Gasteiger charge is -2.33. The molecule has 3 nitrogen and oxygen atoms in total. The van der Waals surface area contributed by atoms with Gasteiger partial charge in [-0.25, -0.2) is 0 Å². The van der Waals surface area contributed by atoms with E-state index in [1.54, 1.807) is 0 Å². The Bertz CT molecular complexity index is 403. The highest BCUT2D eigenvalue weighted by atomic mass is 35.5. The summed E-state index contributed by atoms with van der Waals surface area (Å²) in [4.78, 5) is 2.33. The summed E-state index contributed by atoms with van der Waals surface area (Å²) in [6, 6.07) is 6.09. The summed E-state index contributed by atoms with van der Waals surface area (Å²) in [6.07, 6.45) is 2.66. The second-order valence-electron chi connectivity index (χ2n) is 5.13. The van der Waals surface area contributed by atoms with E-state index in [9.17, 15) is 5.11 Å². The number of piperidine rings is 1. The number of hydrogen-bond acceptors (Lipinski definition) is 3. The highest BCUT2D eigenvalue weighted by Crippen LogP contribution is 2.29. The first-order valence-electron chi connectivity index (χ1n) is 7.13. The van der Waals surface area contributed by atoms with Gasteiger partial charge in [0, 0.05) is 35.9 Å². The average Bonchev–Trinajstić information content (AvgIpc) is 2.42. The summed E-state index contributed by atoms with van der Waals surface area (Å²) in [6.45, 7) is 5.78. The molecular formula is C15H23ClN2O. The zero-order valence-corrected chi connectivity index (χ0v) is 12.3. The molecule has 1 aromatic carbocycles. The lowest BCUT2D eigenvalue weighted by atomic mass is 10.0. The lowest BCUT2D eigenvalue weighted by Crippen LogP contribution is -2.36. The van der Waals surface area contributed by atoms with Crippen LogP contribution < -0.4 is 10.2 Å². The molecule has 0 spiro atoms. The third kappa shape index (κ3) is 3.85. The number of aliphatic hydroxyl groups excluding tert-OH is 1. The molecule has 19 heavy (non-hydrogen) atoms. The number of halogens is 1. The van der Waals surface area contributed by atoms with E-state index in [2.05, 4.69) is 23.2 Å². The van der Waals surface area contributed by atoms with Crippen molar-refractivity contribution in [1.82, 2.24) is 5.32 Å². The number of benzene rings is 1. The molecule has 1 aliphatic rings. The van der Waals surface area contributed by atoms with Crippen LogP contribution in [0, 0.1) is 0 Å². The smallest absolute Gasteiger partial charge is 0.0574 e. The van der Waals surface area contributed by atoms with Crippen molar-refractivity contribution in [3.05, 3.63) is 28.8 Å². The minimum atomic E-state index is -0.142. The van der Waals surface area contributed by atoms with E-state index in [1.807, 2.05) is 12.1 Å². The summed E-state index contributed by atoms with van der Waals surface area (Å²) < 4.78 is 0. The van der Waals surface area contributed by atoms with Gasteiger partial charge in [0.25, 0.3) is 0 Å². The van der Waals surface area contributed by atoms with Gasteiger partial charge in [0.05, 0.1) is 6.10 Å². The third-order valence-electron chi connectivity index (χ3n) is 3.63. The van der Waals surface area contributed by atoms with E-state index in [1.165, 1.54) is 11.3 Å². The van der Waals surface area contributed by atoms with E-state index in [4.69, 9.17) is 11.6 Å². The van der Waals surface area contributed by atoms with E-state index < -0.39 is 0 Å². The zero-order valence-electron chi connectivity index (χ0n) is 11.5. The predicted octanol–water partition coefficient (Wildman–Crippen LogP) is 2.80. The van der Waals surface area contributed by atoms with Crippen molar-refractivity contribution in [2.24, 2.45) is 0 Å². The van der Waals surface area contributed by atoms with Gasteiger partial charge in [-0.1, -0.05) is 24.6 Å². The van der Waals surface area contributed by atoms with Crippen LogP contribution in [0.4, 0.5) is 5.69 Å². The number of aliphatic hydroxyl groups is 1. The molecule has 1 heterocycles. The maximum atomic E-state index is 9.61. The number of hydrogen-bond donors (Lipinski definition) is 2. The van der Waals surface area contributed by atoms with Crippen molar-refractivity contribution in [1.29, 1.82) is 0 Å². The Morgan fingerprint density at radius 3 is 2.79 bits per heavy atom. The molecule has 1 aromatic rings. The largest absolute Gasteiger partial charge is 0.393 e. The van der Waals surface area contributed by atoms with Crippen molar-refractivity contribution in [3.63, 3.8) is 0 Å². The first-order valence-corrected chi connectivity index (χ1v) is 7.51. The number of anilines is 1. The highest BCUT2D eigenvalue weighted by molar-refractivity contribution is 6.31. The van der Waals surface area contributed by atoms with Crippen LogP contribution in [-0.2, 0) is 6.54 Å². The average molecular weight is 283 g/mol. The molecule has 0 aliphatic carbocycles. The first kappa shape index (κ1) is 14.6.